The van der Waals surface area contributed by atoms with E-state index in [9.17, 15) is 0 Å². The van der Waals surface area contributed by atoms with Gasteiger partial charge in [-0.3, -0.25) is 0 Å². The largest absolute Gasteiger partial charge is 0.497 e. The van der Waals surface area contributed by atoms with Gasteiger partial charge in [0.2, 0.25) is 0 Å². The molecule has 0 amide bonds. The number of rotatable bonds is 8. The van der Waals surface area contributed by atoms with Crippen molar-refractivity contribution in [3.63, 3.8) is 0 Å². The first-order valence-corrected chi connectivity index (χ1v) is 12.7. The summed E-state index contributed by atoms with van der Waals surface area (Å²) in [6.07, 6.45) is 0. The maximum absolute atomic E-state index is 6.67. The van der Waals surface area contributed by atoms with Crippen LogP contribution in [0.3, 0.4) is 0 Å². The van der Waals surface area contributed by atoms with Crippen molar-refractivity contribution in [3.8, 4) is 5.75 Å². The highest BCUT2D eigenvalue weighted by molar-refractivity contribution is 7.99. The second-order valence-electron chi connectivity index (χ2n) is 9.56. The summed E-state index contributed by atoms with van der Waals surface area (Å²) < 4.78 is 12.1. The minimum atomic E-state index is 0.0117. The number of methoxy groups -OCH3 is 1. The Bertz CT molecular complexity index is 1250. The van der Waals surface area contributed by atoms with Gasteiger partial charge in [-0.25, -0.2) is 0 Å². The lowest BCUT2D eigenvalue weighted by Gasteiger charge is -2.24. The maximum Gasteiger partial charge on any atom is 0.135 e. The van der Waals surface area contributed by atoms with Crippen LogP contribution in [0.4, 0.5) is 0 Å². The molecule has 4 aromatic rings. The Morgan fingerprint density at radius 3 is 1.91 bits per heavy atom. The maximum atomic E-state index is 6.67. The number of benzene rings is 4. The van der Waals surface area contributed by atoms with Crippen LogP contribution in [0.15, 0.2) is 119 Å². The molecule has 0 aliphatic carbocycles. The lowest BCUT2D eigenvalue weighted by Crippen LogP contribution is -2.15. The zero-order chi connectivity index (χ0) is 24.7. The SMILES string of the molecule is COc1ccc(/C(OCC(C)(C)C)=C(\c2ccccc2)c2ccccc2Sc2ccccc2)cc1. The normalized spacial score (nSPS) is 12.1. The van der Waals surface area contributed by atoms with Crippen LogP contribution in [-0.2, 0) is 4.74 Å². The zero-order valence-electron chi connectivity index (χ0n) is 20.8. The molecule has 0 radical (unpaired) electrons. The molecule has 0 N–H and O–H groups in total. The first-order chi connectivity index (χ1) is 16.9. The fraction of sp³-hybridized carbons (Fsp3) is 0.188. The molecular formula is C32H32O2S. The number of hydrogen-bond donors (Lipinski definition) is 0. The lowest BCUT2D eigenvalue weighted by atomic mass is 9.93. The molecule has 0 aliphatic heterocycles. The molecule has 0 atom stereocenters. The summed E-state index contributed by atoms with van der Waals surface area (Å²) >= 11 is 1.77. The van der Waals surface area contributed by atoms with Gasteiger partial charge in [-0.15, -0.1) is 0 Å². The summed E-state index contributed by atoms with van der Waals surface area (Å²) in [6, 6.07) is 37.7. The van der Waals surface area contributed by atoms with Crippen molar-refractivity contribution in [2.45, 2.75) is 30.6 Å². The van der Waals surface area contributed by atoms with E-state index in [1.54, 1.807) is 18.9 Å². The van der Waals surface area contributed by atoms with Crippen molar-refractivity contribution in [2.75, 3.05) is 13.7 Å². The third kappa shape index (κ3) is 6.58. The fourth-order valence-electron chi connectivity index (χ4n) is 3.72. The summed E-state index contributed by atoms with van der Waals surface area (Å²) in [6.45, 7) is 7.18. The molecule has 4 aromatic carbocycles. The first kappa shape index (κ1) is 24.7. The average Bonchev–Trinajstić information content (AvgIpc) is 2.88. The molecule has 178 valence electrons. The van der Waals surface area contributed by atoms with Crippen molar-refractivity contribution < 1.29 is 9.47 Å². The van der Waals surface area contributed by atoms with Crippen LogP contribution in [0, 0.1) is 5.41 Å². The molecule has 0 saturated heterocycles. The minimum Gasteiger partial charge on any atom is -0.497 e. The van der Waals surface area contributed by atoms with Gasteiger partial charge in [0.15, 0.2) is 0 Å². The highest BCUT2D eigenvalue weighted by Gasteiger charge is 2.21. The molecule has 3 heteroatoms. The third-order valence-electron chi connectivity index (χ3n) is 5.42. The molecule has 2 nitrogen and oxygen atoms in total. The van der Waals surface area contributed by atoms with E-state index < -0.39 is 0 Å². The zero-order valence-corrected chi connectivity index (χ0v) is 21.6. The quantitative estimate of drug-likeness (QED) is 0.185. The Balaban J connectivity index is 1.94. The third-order valence-corrected chi connectivity index (χ3v) is 6.50. The Hall–Kier alpha value is -3.43. The second kappa shape index (κ2) is 11.3. The van der Waals surface area contributed by atoms with Crippen molar-refractivity contribution in [2.24, 2.45) is 5.41 Å². The molecular weight excluding hydrogens is 448 g/mol. The minimum absolute atomic E-state index is 0.0117. The van der Waals surface area contributed by atoms with Crippen LogP contribution >= 0.6 is 11.8 Å². The Labute approximate surface area is 213 Å². The molecule has 0 unspecified atom stereocenters. The molecule has 0 spiro atoms. The lowest BCUT2D eigenvalue weighted by molar-refractivity contribution is 0.170. The van der Waals surface area contributed by atoms with Gasteiger partial charge in [-0.05, 0) is 59.0 Å². The van der Waals surface area contributed by atoms with Crippen LogP contribution in [0.1, 0.15) is 37.5 Å². The molecule has 0 bridgehead atoms. The van der Waals surface area contributed by atoms with Gasteiger partial charge in [-0.2, -0.15) is 0 Å². The predicted molar refractivity (Wildman–Crippen MR) is 148 cm³/mol. The van der Waals surface area contributed by atoms with Crippen molar-refractivity contribution in [1.82, 2.24) is 0 Å². The molecule has 35 heavy (non-hydrogen) atoms. The van der Waals surface area contributed by atoms with Crippen LogP contribution < -0.4 is 4.74 Å². The van der Waals surface area contributed by atoms with E-state index in [2.05, 4.69) is 112 Å². The van der Waals surface area contributed by atoms with Gasteiger partial charge in [0.05, 0.1) is 13.7 Å². The number of hydrogen-bond acceptors (Lipinski definition) is 3. The van der Waals surface area contributed by atoms with Crippen molar-refractivity contribution in [3.05, 3.63) is 126 Å². The van der Waals surface area contributed by atoms with E-state index in [4.69, 9.17) is 9.47 Å². The molecule has 4 rings (SSSR count). The van der Waals surface area contributed by atoms with E-state index in [0.29, 0.717) is 6.61 Å². The summed E-state index contributed by atoms with van der Waals surface area (Å²) in [5, 5.41) is 0. The smallest absolute Gasteiger partial charge is 0.135 e. The molecule has 0 aliphatic rings. The van der Waals surface area contributed by atoms with Gasteiger partial charge in [0.1, 0.15) is 11.5 Å². The molecule has 0 saturated carbocycles. The van der Waals surface area contributed by atoms with Gasteiger partial charge in [0, 0.05) is 20.9 Å². The Morgan fingerprint density at radius 1 is 0.686 bits per heavy atom. The van der Waals surface area contributed by atoms with Crippen molar-refractivity contribution in [1.29, 1.82) is 0 Å². The van der Waals surface area contributed by atoms with Crippen LogP contribution in [0.25, 0.3) is 11.3 Å². The average molecular weight is 481 g/mol. The van der Waals surface area contributed by atoms with Gasteiger partial charge < -0.3 is 9.47 Å². The van der Waals surface area contributed by atoms with Crippen LogP contribution in [0.2, 0.25) is 0 Å². The second-order valence-corrected chi connectivity index (χ2v) is 10.7. The first-order valence-electron chi connectivity index (χ1n) is 11.8. The van der Waals surface area contributed by atoms with Crippen LogP contribution in [0.5, 0.6) is 5.75 Å². The Morgan fingerprint density at radius 2 is 1.29 bits per heavy atom. The predicted octanol–water partition coefficient (Wildman–Crippen LogP) is 8.83. The van der Waals surface area contributed by atoms with E-state index >= 15 is 0 Å². The molecule has 0 aromatic heterocycles. The van der Waals surface area contributed by atoms with Crippen molar-refractivity contribution >= 4 is 23.1 Å². The molecule has 0 heterocycles. The summed E-state index contributed by atoms with van der Waals surface area (Å²) in [5.41, 5.74) is 4.38. The van der Waals surface area contributed by atoms with E-state index in [1.807, 2.05) is 18.2 Å². The highest BCUT2D eigenvalue weighted by atomic mass is 32.2. The topological polar surface area (TPSA) is 18.5 Å². The highest BCUT2D eigenvalue weighted by Crippen LogP contribution is 2.40. The van der Waals surface area contributed by atoms with E-state index in [1.165, 1.54) is 9.79 Å². The monoisotopic (exact) mass is 480 g/mol. The fourth-order valence-corrected chi connectivity index (χ4v) is 4.70. The standard InChI is InChI=1S/C32H32O2S/c1-32(2,3)23-34-31(25-19-21-26(33-4)22-20-25)30(24-13-7-5-8-14-24)28-17-11-12-18-29(28)35-27-15-9-6-10-16-27/h5-22H,23H2,1-4H3/b31-30-. The van der Waals surface area contributed by atoms with Crippen LogP contribution in [-0.4, -0.2) is 13.7 Å². The van der Waals surface area contributed by atoms with Gasteiger partial charge >= 0.3 is 0 Å². The van der Waals surface area contributed by atoms with Gasteiger partial charge in [0.25, 0.3) is 0 Å². The molecule has 0 fully saturated rings. The Kier molecular flexibility index (Phi) is 7.99. The summed E-state index contributed by atoms with van der Waals surface area (Å²) in [7, 11) is 1.69. The van der Waals surface area contributed by atoms with E-state index in [0.717, 1.165) is 33.8 Å². The summed E-state index contributed by atoms with van der Waals surface area (Å²) in [4.78, 5) is 2.39. The number of ether oxygens (including phenoxy) is 2. The van der Waals surface area contributed by atoms with E-state index in [-0.39, 0.29) is 5.41 Å². The summed E-state index contributed by atoms with van der Waals surface area (Å²) in [5.74, 6) is 1.69. The van der Waals surface area contributed by atoms with Gasteiger partial charge in [-0.1, -0.05) is 99.3 Å².